The molecule has 0 radical (unpaired) electrons. The Labute approximate surface area is 187 Å². The van der Waals surface area contributed by atoms with Crippen LogP contribution in [0.3, 0.4) is 0 Å². The lowest BCUT2D eigenvalue weighted by molar-refractivity contribution is -0.115. The van der Waals surface area contributed by atoms with Crippen LogP contribution in [0.2, 0.25) is 5.02 Å². The van der Waals surface area contributed by atoms with Gasteiger partial charge in [-0.05, 0) is 50.1 Å². The molecule has 0 spiro atoms. The van der Waals surface area contributed by atoms with Crippen molar-refractivity contribution in [2.75, 3.05) is 23.3 Å². The molecule has 2 heterocycles. The second-order valence-electron chi connectivity index (χ2n) is 7.17. The van der Waals surface area contributed by atoms with Gasteiger partial charge >= 0.3 is 0 Å². The number of hydrogen-bond donors (Lipinski definition) is 1. The molecule has 0 aliphatic carbocycles. The number of benzene rings is 2. The average Bonchev–Trinajstić information content (AvgIpc) is 3.39. The van der Waals surface area contributed by atoms with Crippen LogP contribution in [0.5, 0.6) is 0 Å². The Bertz CT molecular complexity index is 1100. The number of amides is 1. The monoisotopic (exact) mass is 463 g/mol. The third-order valence-electron chi connectivity index (χ3n) is 4.91. The van der Waals surface area contributed by atoms with Gasteiger partial charge in [-0.1, -0.05) is 29.4 Å². The quantitative estimate of drug-likeness (QED) is 0.526. The average molecular weight is 464 g/mol. The van der Waals surface area contributed by atoms with Crippen molar-refractivity contribution in [2.45, 2.75) is 30.2 Å². The van der Waals surface area contributed by atoms with Gasteiger partial charge in [-0.15, -0.1) is 10.2 Å². The number of carbonyl (C=O) groups is 1. The summed E-state index contributed by atoms with van der Waals surface area (Å²) < 4.78 is 28.9. The zero-order valence-corrected chi connectivity index (χ0v) is 18.3. The highest BCUT2D eigenvalue weighted by molar-refractivity contribution is 8.00. The lowest BCUT2D eigenvalue weighted by atomic mass is 10.3. The maximum atomic E-state index is 13.9. The summed E-state index contributed by atoms with van der Waals surface area (Å²) in [5, 5.41) is 11.7. The Kier molecular flexibility index (Phi) is 6.43. The first kappa shape index (κ1) is 21.6. The molecule has 1 unspecified atom stereocenters. The number of aromatic nitrogens is 3. The topological polar surface area (TPSA) is 63.1 Å². The molecule has 0 bridgehead atoms. The number of nitrogens with one attached hydrogen (secondary N) is 1. The van der Waals surface area contributed by atoms with E-state index in [0.29, 0.717) is 16.1 Å². The van der Waals surface area contributed by atoms with Crippen molar-refractivity contribution in [1.82, 2.24) is 14.8 Å². The highest BCUT2D eigenvalue weighted by Gasteiger charge is 2.25. The van der Waals surface area contributed by atoms with Crippen LogP contribution in [0.4, 0.5) is 20.4 Å². The molecule has 1 fully saturated rings. The largest absolute Gasteiger partial charge is 0.341 e. The smallest absolute Gasteiger partial charge is 0.237 e. The van der Waals surface area contributed by atoms with E-state index in [2.05, 4.69) is 20.4 Å². The second kappa shape index (κ2) is 9.23. The van der Waals surface area contributed by atoms with Crippen molar-refractivity contribution < 1.29 is 13.6 Å². The fourth-order valence-corrected chi connectivity index (χ4v) is 4.39. The SMILES string of the molecule is CC(Sc1nnc(N2CCCC2)n1-c1cccc(Cl)c1)C(=O)Nc1ccc(F)cc1F. The molecule has 10 heteroatoms. The van der Waals surface area contributed by atoms with Crippen LogP contribution in [-0.2, 0) is 4.79 Å². The molecule has 31 heavy (non-hydrogen) atoms. The number of hydrogen-bond acceptors (Lipinski definition) is 5. The summed E-state index contributed by atoms with van der Waals surface area (Å²) in [7, 11) is 0. The maximum absolute atomic E-state index is 13.9. The molecular weight excluding hydrogens is 444 g/mol. The lowest BCUT2D eigenvalue weighted by Gasteiger charge is -2.19. The van der Waals surface area contributed by atoms with Gasteiger partial charge in [-0.3, -0.25) is 9.36 Å². The number of anilines is 2. The molecule has 1 aromatic heterocycles. The molecule has 1 amide bonds. The normalized spacial score (nSPS) is 14.6. The van der Waals surface area contributed by atoms with Gasteiger partial charge in [-0.2, -0.15) is 0 Å². The summed E-state index contributed by atoms with van der Waals surface area (Å²) in [6, 6.07) is 10.4. The summed E-state index contributed by atoms with van der Waals surface area (Å²) in [5.41, 5.74) is 0.715. The molecule has 1 aliphatic rings. The first-order valence-electron chi connectivity index (χ1n) is 9.81. The van der Waals surface area contributed by atoms with E-state index in [1.165, 1.54) is 17.8 Å². The van der Waals surface area contributed by atoms with E-state index in [9.17, 15) is 13.6 Å². The van der Waals surface area contributed by atoms with Crippen LogP contribution in [0.25, 0.3) is 5.69 Å². The van der Waals surface area contributed by atoms with Gasteiger partial charge in [0.05, 0.1) is 16.6 Å². The van der Waals surface area contributed by atoms with E-state index in [4.69, 9.17) is 11.6 Å². The fraction of sp³-hybridized carbons (Fsp3) is 0.286. The van der Waals surface area contributed by atoms with Gasteiger partial charge in [0.25, 0.3) is 0 Å². The number of rotatable bonds is 6. The molecule has 3 aromatic rings. The van der Waals surface area contributed by atoms with Crippen molar-refractivity contribution in [3.05, 3.63) is 59.1 Å². The Balaban J connectivity index is 1.59. The predicted molar refractivity (Wildman–Crippen MR) is 118 cm³/mol. The number of carbonyl (C=O) groups excluding carboxylic acids is 1. The van der Waals surface area contributed by atoms with Gasteiger partial charge in [0.2, 0.25) is 11.9 Å². The van der Waals surface area contributed by atoms with E-state index >= 15 is 0 Å². The van der Waals surface area contributed by atoms with Gasteiger partial charge in [0.1, 0.15) is 11.6 Å². The van der Waals surface area contributed by atoms with E-state index < -0.39 is 22.8 Å². The molecule has 1 atom stereocenters. The third-order valence-corrected chi connectivity index (χ3v) is 6.19. The van der Waals surface area contributed by atoms with Crippen LogP contribution in [0, 0.1) is 11.6 Å². The Hall–Kier alpha value is -2.65. The maximum Gasteiger partial charge on any atom is 0.237 e. The summed E-state index contributed by atoms with van der Waals surface area (Å²) >= 11 is 7.40. The molecule has 1 N–H and O–H groups in total. The first-order valence-corrected chi connectivity index (χ1v) is 11.1. The molecule has 1 saturated heterocycles. The van der Waals surface area contributed by atoms with Crippen molar-refractivity contribution in [1.29, 1.82) is 0 Å². The zero-order valence-electron chi connectivity index (χ0n) is 16.7. The van der Waals surface area contributed by atoms with E-state index in [1.807, 2.05) is 22.8 Å². The van der Waals surface area contributed by atoms with Crippen molar-refractivity contribution >= 4 is 40.9 Å². The fourth-order valence-electron chi connectivity index (χ4n) is 3.34. The molecule has 2 aromatic carbocycles. The minimum Gasteiger partial charge on any atom is -0.341 e. The van der Waals surface area contributed by atoms with Gasteiger partial charge < -0.3 is 10.2 Å². The summed E-state index contributed by atoms with van der Waals surface area (Å²) in [6.07, 6.45) is 2.15. The van der Waals surface area contributed by atoms with Crippen molar-refractivity contribution in [3.8, 4) is 5.69 Å². The standard InChI is InChI=1S/C21H20ClF2N5OS/c1-13(19(30)25-18-8-7-15(23)12-17(18)24)31-21-27-26-20(28-9-2-3-10-28)29(21)16-6-4-5-14(22)11-16/h4-8,11-13H,2-3,9-10H2,1H3,(H,25,30). The molecule has 4 rings (SSSR count). The van der Waals surface area contributed by atoms with Gasteiger partial charge in [0, 0.05) is 24.2 Å². The van der Waals surface area contributed by atoms with Crippen LogP contribution in [0.1, 0.15) is 19.8 Å². The predicted octanol–water partition coefficient (Wildman–Crippen LogP) is 4.92. The summed E-state index contributed by atoms with van der Waals surface area (Å²) in [6.45, 7) is 3.44. The van der Waals surface area contributed by atoms with E-state index in [0.717, 1.165) is 43.8 Å². The first-order chi connectivity index (χ1) is 14.9. The van der Waals surface area contributed by atoms with Gasteiger partial charge in [0.15, 0.2) is 5.16 Å². The zero-order chi connectivity index (χ0) is 22.0. The second-order valence-corrected chi connectivity index (χ2v) is 8.91. The van der Waals surface area contributed by atoms with E-state index in [-0.39, 0.29) is 5.69 Å². The highest BCUT2D eigenvalue weighted by atomic mass is 35.5. The van der Waals surface area contributed by atoms with Crippen LogP contribution in [-0.4, -0.2) is 39.0 Å². The molecule has 1 aliphatic heterocycles. The summed E-state index contributed by atoms with van der Waals surface area (Å²) in [5.74, 6) is -1.27. The molecule has 162 valence electrons. The van der Waals surface area contributed by atoms with Crippen LogP contribution < -0.4 is 10.2 Å². The minimum atomic E-state index is -0.830. The van der Waals surface area contributed by atoms with Crippen molar-refractivity contribution in [3.63, 3.8) is 0 Å². The highest BCUT2D eigenvalue weighted by Crippen LogP contribution is 2.32. The molecule has 6 nitrogen and oxygen atoms in total. The number of halogens is 3. The van der Waals surface area contributed by atoms with Gasteiger partial charge in [-0.25, -0.2) is 8.78 Å². The number of nitrogens with zero attached hydrogens (tertiary/aromatic N) is 4. The lowest BCUT2D eigenvalue weighted by Crippen LogP contribution is -2.24. The molecule has 0 saturated carbocycles. The summed E-state index contributed by atoms with van der Waals surface area (Å²) in [4.78, 5) is 14.8. The number of thioether (sulfide) groups is 1. The Morgan fingerprint density at radius 1 is 1.16 bits per heavy atom. The Morgan fingerprint density at radius 3 is 2.65 bits per heavy atom. The minimum absolute atomic E-state index is 0.0760. The third kappa shape index (κ3) is 4.83. The van der Waals surface area contributed by atoms with Crippen LogP contribution in [0.15, 0.2) is 47.6 Å². The van der Waals surface area contributed by atoms with E-state index in [1.54, 1.807) is 13.0 Å². The Morgan fingerprint density at radius 2 is 1.94 bits per heavy atom. The van der Waals surface area contributed by atoms with Crippen molar-refractivity contribution in [2.24, 2.45) is 0 Å². The van der Waals surface area contributed by atoms with Crippen LogP contribution >= 0.6 is 23.4 Å². The molecular formula is C21H20ClF2N5OS.